The summed E-state index contributed by atoms with van der Waals surface area (Å²) >= 11 is 0. The molecule has 1 saturated carbocycles. The molecule has 1 saturated heterocycles. The van der Waals surface area contributed by atoms with Crippen molar-refractivity contribution in [2.75, 3.05) is 6.61 Å². The average molecular weight is 361 g/mol. The predicted molar refractivity (Wildman–Crippen MR) is 93.8 cm³/mol. The van der Waals surface area contributed by atoms with Gasteiger partial charge in [-0.05, 0) is 25.0 Å². The highest BCUT2D eigenvalue weighted by atomic mass is 16.8. The molecule has 7 heteroatoms. The first-order valence-corrected chi connectivity index (χ1v) is 8.91. The molecule has 1 aliphatic carbocycles. The SMILES string of the molecule is C=CC[C@@H](OC(=O)c1ccc([N+](=O)[O-])cc1)[C@H]1COC2(CCCCC2)O1. The number of nitrogens with zero attached hydrogens (tertiary/aromatic N) is 1. The Morgan fingerprint density at radius 3 is 2.65 bits per heavy atom. The summed E-state index contributed by atoms with van der Waals surface area (Å²) < 4.78 is 17.7. The summed E-state index contributed by atoms with van der Waals surface area (Å²) in [5.74, 6) is -1.08. The molecule has 1 aliphatic heterocycles. The molecule has 0 N–H and O–H groups in total. The first-order chi connectivity index (χ1) is 12.5. The van der Waals surface area contributed by atoms with Crippen molar-refractivity contribution < 1.29 is 23.9 Å². The molecule has 0 unspecified atom stereocenters. The van der Waals surface area contributed by atoms with E-state index < -0.39 is 22.8 Å². The third-order valence-electron chi connectivity index (χ3n) is 4.88. The molecule has 0 bridgehead atoms. The van der Waals surface area contributed by atoms with Crippen LogP contribution in [-0.2, 0) is 14.2 Å². The maximum Gasteiger partial charge on any atom is 0.338 e. The van der Waals surface area contributed by atoms with Crippen LogP contribution >= 0.6 is 0 Å². The van der Waals surface area contributed by atoms with Gasteiger partial charge in [-0.1, -0.05) is 12.5 Å². The minimum atomic E-state index is -0.542. The van der Waals surface area contributed by atoms with Crippen molar-refractivity contribution in [3.63, 3.8) is 0 Å². The summed E-state index contributed by atoms with van der Waals surface area (Å²) in [6, 6.07) is 5.34. The van der Waals surface area contributed by atoms with Gasteiger partial charge in [0.05, 0.1) is 17.1 Å². The summed E-state index contributed by atoms with van der Waals surface area (Å²) in [5.41, 5.74) is 0.187. The molecule has 1 aromatic carbocycles. The van der Waals surface area contributed by atoms with Crippen LogP contribution in [0, 0.1) is 10.1 Å². The van der Waals surface area contributed by atoms with Crippen LogP contribution in [0.4, 0.5) is 5.69 Å². The highest BCUT2D eigenvalue weighted by Gasteiger charge is 2.45. The van der Waals surface area contributed by atoms with Crippen LogP contribution in [0.5, 0.6) is 0 Å². The van der Waals surface area contributed by atoms with E-state index in [0.717, 1.165) is 25.7 Å². The van der Waals surface area contributed by atoms with E-state index in [1.807, 2.05) is 0 Å². The van der Waals surface area contributed by atoms with Crippen LogP contribution in [0.3, 0.4) is 0 Å². The lowest BCUT2D eigenvalue weighted by atomic mass is 9.94. The number of esters is 1. The number of nitro groups is 1. The standard InChI is InChI=1S/C19H23NO6/c1-2-6-16(17-13-24-19(26-17)11-4-3-5-12-19)25-18(21)14-7-9-15(10-8-14)20(22)23/h2,7-10,16-17H,1,3-6,11-13H2/t16-,17-/m1/s1. The van der Waals surface area contributed by atoms with Crippen molar-refractivity contribution in [2.45, 2.75) is 56.5 Å². The van der Waals surface area contributed by atoms with Crippen molar-refractivity contribution >= 4 is 11.7 Å². The van der Waals surface area contributed by atoms with Crippen LogP contribution in [0.25, 0.3) is 0 Å². The minimum absolute atomic E-state index is 0.0732. The zero-order valence-corrected chi connectivity index (χ0v) is 14.6. The van der Waals surface area contributed by atoms with Gasteiger partial charge in [-0.3, -0.25) is 10.1 Å². The van der Waals surface area contributed by atoms with Gasteiger partial charge < -0.3 is 14.2 Å². The monoisotopic (exact) mass is 361 g/mol. The van der Waals surface area contributed by atoms with Crippen molar-refractivity contribution in [2.24, 2.45) is 0 Å². The molecule has 2 atom stereocenters. The molecule has 1 aromatic rings. The summed E-state index contributed by atoms with van der Waals surface area (Å²) in [4.78, 5) is 22.6. The van der Waals surface area contributed by atoms with Gasteiger partial charge >= 0.3 is 5.97 Å². The predicted octanol–water partition coefficient (Wildman–Crippen LogP) is 3.77. The maximum absolute atomic E-state index is 12.4. The largest absolute Gasteiger partial charge is 0.456 e. The fourth-order valence-electron chi connectivity index (χ4n) is 3.48. The molecular formula is C19H23NO6. The summed E-state index contributed by atoms with van der Waals surface area (Å²) in [7, 11) is 0. The summed E-state index contributed by atoms with van der Waals surface area (Å²) in [5, 5.41) is 10.7. The highest BCUT2D eigenvalue weighted by Crippen LogP contribution is 2.39. The van der Waals surface area contributed by atoms with Gasteiger partial charge in [0.15, 0.2) is 5.79 Å². The molecule has 0 aromatic heterocycles. The van der Waals surface area contributed by atoms with Crippen LogP contribution < -0.4 is 0 Å². The Labute approximate surface area is 152 Å². The number of hydrogen-bond acceptors (Lipinski definition) is 6. The lowest BCUT2D eigenvalue weighted by Crippen LogP contribution is -2.37. The topological polar surface area (TPSA) is 87.9 Å². The molecule has 1 spiro atoms. The number of hydrogen-bond donors (Lipinski definition) is 0. The molecule has 0 amide bonds. The maximum atomic E-state index is 12.4. The number of benzene rings is 1. The summed E-state index contributed by atoms with van der Waals surface area (Å²) in [6.45, 7) is 4.11. The van der Waals surface area contributed by atoms with E-state index >= 15 is 0 Å². The number of ether oxygens (including phenoxy) is 3. The lowest BCUT2D eigenvalue weighted by molar-refractivity contribution is -0.384. The zero-order valence-electron chi connectivity index (χ0n) is 14.6. The van der Waals surface area contributed by atoms with E-state index in [-0.39, 0.29) is 17.4 Å². The third-order valence-corrected chi connectivity index (χ3v) is 4.88. The van der Waals surface area contributed by atoms with Crippen LogP contribution in [0.2, 0.25) is 0 Å². The summed E-state index contributed by atoms with van der Waals surface area (Å²) in [6.07, 6.45) is 6.34. The van der Waals surface area contributed by atoms with E-state index in [9.17, 15) is 14.9 Å². The molecule has 2 fully saturated rings. The Bertz CT molecular complexity index is 665. The Kier molecular flexibility index (Phi) is 5.68. The average Bonchev–Trinajstić information content (AvgIpc) is 3.05. The molecule has 0 radical (unpaired) electrons. The first-order valence-electron chi connectivity index (χ1n) is 8.91. The van der Waals surface area contributed by atoms with Gasteiger partial charge in [0, 0.05) is 31.4 Å². The second kappa shape index (κ2) is 7.97. The van der Waals surface area contributed by atoms with Gasteiger partial charge in [-0.2, -0.15) is 0 Å². The van der Waals surface area contributed by atoms with Gasteiger partial charge in [0.2, 0.25) is 0 Å². The first kappa shape index (κ1) is 18.5. The van der Waals surface area contributed by atoms with Crippen LogP contribution in [0.15, 0.2) is 36.9 Å². The van der Waals surface area contributed by atoms with E-state index in [4.69, 9.17) is 14.2 Å². The number of nitro benzene ring substituents is 1. The molecule has 26 heavy (non-hydrogen) atoms. The number of non-ortho nitro benzene ring substituents is 1. The van der Waals surface area contributed by atoms with E-state index in [2.05, 4.69) is 6.58 Å². The highest BCUT2D eigenvalue weighted by molar-refractivity contribution is 5.89. The van der Waals surface area contributed by atoms with Crippen LogP contribution in [0.1, 0.15) is 48.9 Å². The Morgan fingerprint density at radius 2 is 2.04 bits per heavy atom. The zero-order chi connectivity index (χ0) is 18.6. The van der Waals surface area contributed by atoms with Gasteiger partial charge in [0.1, 0.15) is 12.2 Å². The number of carbonyl (C=O) groups is 1. The van der Waals surface area contributed by atoms with E-state index in [1.165, 1.54) is 30.7 Å². The van der Waals surface area contributed by atoms with Crippen molar-refractivity contribution in [3.05, 3.63) is 52.6 Å². The number of rotatable bonds is 6. The lowest BCUT2D eigenvalue weighted by Gasteiger charge is -2.32. The molecule has 7 nitrogen and oxygen atoms in total. The Morgan fingerprint density at radius 1 is 1.35 bits per heavy atom. The Hall–Kier alpha value is -2.25. The molecule has 140 valence electrons. The second-order valence-electron chi connectivity index (χ2n) is 6.71. The molecule has 2 aliphatic rings. The molecular weight excluding hydrogens is 338 g/mol. The van der Waals surface area contributed by atoms with E-state index in [1.54, 1.807) is 6.08 Å². The van der Waals surface area contributed by atoms with Gasteiger partial charge in [-0.15, -0.1) is 6.58 Å². The quantitative estimate of drug-likeness (QED) is 0.332. The van der Waals surface area contributed by atoms with Crippen molar-refractivity contribution in [3.8, 4) is 0 Å². The van der Waals surface area contributed by atoms with Crippen molar-refractivity contribution in [1.29, 1.82) is 0 Å². The smallest absolute Gasteiger partial charge is 0.338 e. The Balaban J connectivity index is 1.65. The minimum Gasteiger partial charge on any atom is -0.456 e. The van der Waals surface area contributed by atoms with Gasteiger partial charge in [0.25, 0.3) is 5.69 Å². The second-order valence-corrected chi connectivity index (χ2v) is 6.71. The van der Waals surface area contributed by atoms with E-state index in [0.29, 0.717) is 13.0 Å². The van der Waals surface area contributed by atoms with Gasteiger partial charge in [-0.25, -0.2) is 4.79 Å². The normalized spacial score (nSPS) is 22.7. The van der Waals surface area contributed by atoms with Crippen molar-refractivity contribution in [1.82, 2.24) is 0 Å². The fraction of sp³-hybridized carbons (Fsp3) is 0.526. The number of carbonyl (C=O) groups excluding carboxylic acids is 1. The van der Waals surface area contributed by atoms with Crippen LogP contribution in [-0.4, -0.2) is 35.5 Å². The molecule has 3 rings (SSSR count). The third kappa shape index (κ3) is 4.11. The molecule has 1 heterocycles. The fourth-order valence-corrected chi connectivity index (χ4v) is 3.48.